The molecule has 1 saturated heterocycles. The van der Waals surface area contributed by atoms with Crippen LogP contribution in [0.25, 0.3) is 0 Å². The van der Waals surface area contributed by atoms with Crippen molar-refractivity contribution in [2.24, 2.45) is 0 Å². The molecule has 0 aromatic carbocycles. The van der Waals surface area contributed by atoms with Gasteiger partial charge in [-0.05, 0) is 32.0 Å². The van der Waals surface area contributed by atoms with Gasteiger partial charge in [0.15, 0.2) is 11.6 Å². The fourth-order valence-corrected chi connectivity index (χ4v) is 2.96. The molecule has 0 bridgehead atoms. The minimum atomic E-state index is -0.114. The van der Waals surface area contributed by atoms with Gasteiger partial charge in [0.25, 0.3) is 0 Å². The van der Waals surface area contributed by atoms with Crippen molar-refractivity contribution in [2.45, 2.75) is 51.6 Å². The zero-order chi connectivity index (χ0) is 17.2. The molecule has 1 aliphatic rings. The molecule has 0 aliphatic carbocycles. The van der Waals surface area contributed by atoms with Gasteiger partial charge in [0.2, 0.25) is 5.89 Å². The van der Waals surface area contributed by atoms with Crippen LogP contribution in [0.1, 0.15) is 45.3 Å². The summed E-state index contributed by atoms with van der Waals surface area (Å²) >= 11 is 0. The summed E-state index contributed by atoms with van der Waals surface area (Å²) in [6, 6.07) is 4.39. The second kappa shape index (κ2) is 6.84. The quantitative estimate of drug-likeness (QED) is 0.851. The lowest BCUT2D eigenvalue weighted by atomic mass is 9.97. The summed E-state index contributed by atoms with van der Waals surface area (Å²) in [6.07, 6.45) is 4.02. The van der Waals surface area contributed by atoms with Gasteiger partial charge in [0.05, 0.1) is 6.54 Å². The van der Waals surface area contributed by atoms with Crippen LogP contribution in [0.2, 0.25) is 0 Å². The van der Waals surface area contributed by atoms with E-state index in [0.29, 0.717) is 18.5 Å². The van der Waals surface area contributed by atoms with E-state index in [1.165, 1.54) is 0 Å². The molecule has 0 spiro atoms. The highest BCUT2D eigenvalue weighted by molar-refractivity contribution is 5.37. The van der Waals surface area contributed by atoms with Crippen LogP contribution in [-0.4, -0.2) is 51.4 Å². The minimum absolute atomic E-state index is 0.114. The van der Waals surface area contributed by atoms with Crippen LogP contribution >= 0.6 is 0 Å². The van der Waals surface area contributed by atoms with Gasteiger partial charge in [-0.2, -0.15) is 10.1 Å². The van der Waals surface area contributed by atoms with Crippen LogP contribution < -0.4 is 4.90 Å². The van der Waals surface area contributed by atoms with Crippen LogP contribution in [0.4, 0.5) is 5.82 Å². The van der Waals surface area contributed by atoms with Gasteiger partial charge >= 0.3 is 0 Å². The summed E-state index contributed by atoms with van der Waals surface area (Å²) in [6.45, 7) is 8.90. The van der Waals surface area contributed by atoms with Crippen LogP contribution in [0.5, 0.6) is 0 Å². The van der Waals surface area contributed by atoms with Gasteiger partial charge in [-0.25, -0.2) is 0 Å². The molecule has 0 saturated carbocycles. The largest absolute Gasteiger partial charge is 0.354 e. The summed E-state index contributed by atoms with van der Waals surface area (Å²) in [7, 11) is 2.12. The maximum Gasteiger partial charge on any atom is 0.232 e. The number of rotatable bonds is 4. The number of hydrogen-bond acceptors (Lipinski definition) is 7. The van der Waals surface area contributed by atoms with E-state index in [2.05, 4.69) is 58.0 Å². The Balaban J connectivity index is 1.62. The Bertz CT molecular complexity index is 651. The third-order valence-corrected chi connectivity index (χ3v) is 4.40. The van der Waals surface area contributed by atoms with E-state index in [9.17, 15) is 0 Å². The predicted molar refractivity (Wildman–Crippen MR) is 91.7 cm³/mol. The summed E-state index contributed by atoms with van der Waals surface area (Å²) in [4.78, 5) is 9.14. The average molecular weight is 330 g/mol. The fourth-order valence-electron chi connectivity index (χ4n) is 2.96. The first kappa shape index (κ1) is 16.8. The highest BCUT2D eigenvalue weighted by atomic mass is 16.5. The first-order valence-electron chi connectivity index (χ1n) is 8.49. The van der Waals surface area contributed by atoms with Gasteiger partial charge < -0.3 is 9.42 Å². The molecule has 7 nitrogen and oxygen atoms in total. The molecule has 24 heavy (non-hydrogen) atoms. The lowest BCUT2D eigenvalue weighted by Crippen LogP contribution is -2.46. The Kier molecular flexibility index (Phi) is 4.80. The Morgan fingerprint density at radius 1 is 1.38 bits per heavy atom. The Hall–Kier alpha value is -2.02. The number of nitrogens with zero attached hydrogens (tertiary/aromatic N) is 6. The van der Waals surface area contributed by atoms with Crippen molar-refractivity contribution in [3.05, 3.63) is 30.0 Å². The minimum Gasteiger partial charge on any atom is -0.354 e. The maximum atomic E-state index is 5.39. The zero-order valence-electron chi connectivity index (χ0n) is 14.9. The van der Waals surface area contributed by atoms with Crippen molar-refractivity contribution in [1.82, 2.24) is 25.2 Å². The molecule has 2 aromatic rings. The van der Waals surface area contributed by atoms with Crippen molar-refractivity contribution in [3.8, 4) is 0 Å². The van der Waals surface area contributed by atoms with Crippen LogP contribution in [0.15, 0.2) is 22.9 Å². The summed E-state index contributed by atoms with van der Waals surface area (Å²) in [5, 5.41) is 12.3. The van der Waals surface area contributed by atoms with Crippen LogP contribution in [0, 0.1) is 0 Å². The monoisotopic (exact) mass is 330 g/mol. The number of piperidine rings is 1. The van der Waals surface area contributed by atoms with E-state index in [-0.39, 0.29) is 5.41 Å². The van der Waals surface area contributed by atoms with Crippen molar-refractivity contribution >= 4 is 5.82 Å². The van der Waals surface area contributed by atoms with E-state index >= 15 is 0 Å². The van der Waals surface area contributed by atoms with E-state index < -0.39 is 0 Å². The molecule has 1 atom stereocenters. The number of anilines is 1. The summed E-state index contributed by atoms with van der Waals surface area (Å²) < 4.78 is 5.39. The molecule has 0 radical (unpaired) electrons. The van der Waals surface area contributed by atoms with Crippen molar-refractivity contribution in [1.29, 1.82) is 0 Å². The molecule has 1 fully saturated rings. The van der Waals surface area contributed by atoms with Crippen LogP contribution in [0.3, 0.4) is 0 Å². The van der Waals surface area contributed by atoms with Gasteiger partial charge in [0, 0.05) is 30.7 Å². The lowest BCUT2D eigenvalue weighted by molar-refractivity contribution is 0.200. The molecule has 7 heteroatoms. The number of likely N-dealkylation sites (N-methyl/N-ethyl adjacent to an activating group) is 1. The predicted octanol–water partition coefficient (Wildman–Crippen LogP) is 2.26. The molecule has 1 aliphatic heterocycles. The number of hydrogen-bond donors (Lipinski definition) is 0. The van der Waals surface area contributed by atoms with E-state index in [1.807, 2.05) is 12.1 Å². The Labute approximate surface area is 143 Å². The lowest BCUT2D eigenvalue weighted by Gasteiger charge is -2.37. The van der Waals surface area contributed by atoms with E-state index in [4.69, 9.17) is 4.52 Å². The highest BCUT2D eigenvalue weighted by Crippen LogP contribution is 2.22. The van der Waals surface area contributed by atoms with Crippen molar-refractivity contribution in [3.63, 3.8) is 0 Å². The van der Waals surface area contributed by atoms with Gasteiger partial charge in [0.1, 0.15) is 0 Å². The van der Waals surface area contributed by atoms with Gasteiger partial charge in [-0.15, -0.1) is 5.10 Å². The zero-order valence-corrected chi connectivity index (χ0v) is 14.9. The molecule has 0 amide bonds. The van der Waals surface area contributed by atoms with Gasteiger partial charge in [-0.1, -0.05) is 25.9 Å². The van der Waals surface area contributed by atoms with Gasteiger partial charge in [-0.3, -0.25) is 4.90 Å². The SMILES string of the molecule is CN(Cc1noc(C(C)(C)C)n1)[C@@H]1CCCN(c2cccnn2)C1. The molecular weight excluding hydrogens is 304 g/mol. The van der Waals surface area contributed by atoms with Crippen molar-refractivity contribution < 1.29 is 4.52 Å². The normalized spacial score (nSPS) is 19.0. The second-order valence-electron chi connectivity index (χ2n) is 7.50. The van der Waals surface area contributed by atoms with Crippen molar-refractivity contribution in [2.75, 3.05) is 25.0 Å². The summed E-state index contributed by atoms with van der Waals surface area (Å²) in [5.41, 5.74) is -0.114. The van der Waals surface area contributed by atoms with E-state index in [0.717, 1.165) is 37.6 Å². The number of aromatic nitrogens is 4. The molecule has 0 unspecified atom stereocenters. The molecular formula is C17H26N6O. The first-order chi connectivity index (χ1) is 11.4. The highest BCUT2D eigenvalue weighted by Gasteiger charge is 2.26. The topological polar surface area (TPSA) is 71.2 Å². The Morgan fingerprint density at radius 3 is 2.88 bits per heavy atom. The molecule has 2 aromatic heterocycles. The molecule has 130 valence electrons. The standard InChI is InChI=1S/C17H26N6O/c1-17(2,3)16-19-14(21-24-16)12-22(4)13-7-6-10-23(11-13)15-8-5-9-18-20-15/h5,8-9,13H,6-7,10-12H2,1-4H3/t13-/m1/s1. The Morgan fingerprint density at radius 2 is 2.21 bits per heavy atom. The first-order valence-corrected chi connectivity index (χ1v) is 8.49. The third-order valence-electron chi connectivity index (χ3n) is 4.40. The fraction of sp³-hybridized carbons (Fsp3) is 0.647. The maximum absolute atomic E-state index is 5.39. The molecule has 3 heterocycles. The molecule has 3 rings (SSSR count). The summed E-state index contributed by atoms with van der Waals surface area (Å²) in [5.74, 6) is 2.39. The third kappa shape index (κ3) is 3.90. The van der Waals surface area contributed by atoms with E-state index in [1.54, 1.807) is 6.20 Å². The second-order valence-corrected chi connectivity index (χ2v) is 7.50. The smallest absolute Gasteiger partial charge is 0.232 e. The average Bonchev–Trinajstić information content (AvgIpc) is 3.05. The van der Waals surface area contributed by atoms with Crippen LogP contribution in [-0.2, 0) is 12.0 Å². The molecule has 0 N–H and O–H groups in total.